The molecule has 4 rings (SSSR count). The number of rotatable bonds is 6. The molecule has 1 saturated heterocycles. The predicted molar refractivity (Wildman–Crippen MR) is 108 cm³/mol. The number of amides is 2. The molecule has 2 aliphatic heterocycles. The van der Waals surface area contributed by atoms with Gasteiger partial charge in [-0.15, -0.1) is 0 Å². The van der Waals surface area contributed by atoms with Gasteiger partial charge in [-0.2, -0.15) is 0 Å². The molecule has 160 valence electrons. The highest BCUT2D eigenvalue weighted by Gasteiger charge is 2.38. The van der Waals surface area contributed by atoms with Crippen molar-refractivity contribution in [1.82, 2.24) is 4.90 Å². The van der Waals surface area contributed by atoms with Crippen molar-refractivity contribution in [2.45, 2.75) is 32.0 Å². The molecule has 2 aliphatic rings. The molecule has 2 heterocycles. The molecule has 0 unspecified atom stereocenters. The predicted octanol–water partition coefficient (Wildman–Crippen LogP) is 3.29. The van der Waals surface area contributed by atoms with Gasteiger partial charge in [0, 0.05) is 18.7 Å². The molecule has 2 aromatic rings. The third-order valence-electron chi connectivity index (χ3n) is 5.45. The zero-order valence-electron chi connectivity index (χ0n) is 16.8. The van der Waals surface area contributed by atoms with Crippen LogP contribution in [0, 0.1) is 10.1 Å². The van der Waals surface area contributed by atoms with Crippen molar-refractivity contribution in [3.63, 3.8) is 0 Å². The summed E-state index contributed by atoms with van der Waals surface area (Å²) in [6.45, 7) is 2.41. The molecule has 0 aliphatic carbocycles. The molecular formula is C22H20N2O7. The lowest BCUT2D eigenvalue weighted by atomic mass is 10.1. The summed E-state index contributed by atoms with van der Waals surface area (Å²) in [5, 5.41) is 10.9. The van der Waals surface area contributed by atoms with Gasteiger partial charge in [0.1, 0.15) is 6.10 Å². The second-order valence-electron chi connectivity index (χ2n) is 7.52. The van der Waals surface area contributed by atoms with Crippen molar-refractivity contribution in [3.05, 3.63) is 74.8 Å². The summed E-state index contributed by atoms with van der Waals surface area (Å²) in [7, 11) is 0. The van der Waals surface area contributed by atoms with E-state index in [1.54, 1.807) is 13.0 Å². The van der Waals surface area contributed by atoms with Gasteiger partial charge in [0.2, 0.25) is 0 Å². The van der Waals surface area contributed by atoms with Gasteiger partial charge >= 0.3 is 5.97 Å². The summed E-state index contributed by atoms with van der Waals surface area (Å²) in [6, 6.07) is 10.1. The molecule has 2 atom stereocenters. The molecule has 0 N–H and O–H groups in total. The largest absolute Gasteiger partial charge is 0.454 e. The lowest BCUT2D eigenvalue weighted by molar-refractivity contribution is -0.385. The molecule has 9 heteroatoms. The maximum Gasteiger partial charge on any atom is 0.338 e. The van der Waals surface area contributed by atoms with Gasteiger partial charge in [-0.1, -0.05) is 12.1 Å². The van der Waals surface area contributed by atoms with Crippen LogP contribution in [-0.4, -0.2) is 46.9 Å². The van der Waals surface area contributed by atoms with Crippen molar-refractivity contribution in [3.8, 4) is 0 Å². The molecule has 2 aromatic carbocycles. The number of imide groups is 1. The lowest BCUT2D eigenvalue weighted by Crippen LogP contribution is -2.36. The second-order valence-corrected chi connectivity index (χ2v) is 7.52. The Bertz CT molecular complexity index is 1080. The van der Waals surface area contributed by atoms with Crippen LogP contribution in [0.2, 0.25) is 0 Å². The van der Waals surface area contributed by atoms with Crippen LogP contribution >= 0.6 is 0 Å². The van der Waals surface area contributed by atoms with Crippen molar-refractivity contribution < 1.29 is 28.8 Å². The van der Waals surface area contributed by atoms with Gasteiger partial charge in [0.25, 0.3) is 17.5 Å². The lowest BCUT2D eigenvalue weighted by Gasteiger charge is -2.17. The first-order chi connectivity index (χ1) is 14.8. The minimum absolute atomic E-state index is 0.103. The fraction of sp³-hybridized carbons (Fsp3) is 0.318. The van der Waals surface area contributed by atoms with Crippen LogP contribution in [0.25, 0.3) is 0 Å². The molecule has 0 bridgehead atoms. The Hall–Kier alpha value is -3.59. The second kappa shape index (κ2) is 8.27. The minimum Gasteiger partial charge on any atom is -0.454 e. The summed E-state index contributed by atoms with van der Waals surface area (Å²) in [4.78, 5) is 49.5. The normalized spacial score (nSPS) is 18.7. The van der Waals surface area contributed by atoms with Gasteiger partial charge in [0.05, 0.1) is 34.3 Å². The number of hydrogen-bond donors (Lipinski definition) is 0. The Kier molecular flexibility index (Phi) is 5.51. The minimum atomic E-state index is -0.742. The Morgan fingerprint density at radius 3 is 2.71 bits per heavy atom. The fourth-order valence-electron chi connectivity index (χ4n) is 3.76. The van der Waals surface area contributed by atoms with Crippen molar-refractivity contribution >= 4 is 23.5 Å². The number of hydrogen-bond acceptors (Lipinski definition) is 7. The standard InChI is InChI=1S/C22H20N2O7/c1-13(14-4-2-5-16(10-14)24(28)29)31-22(27)15-7-8-18-19(11-15)21(26)23(20(18)25)12-17-6-3-9-30-17/h2,4-5,7-8,10-11,13,17H,3,6,9,12H2,1H3/t13-,17+/m0/s1. The van der Waals surface area contributed by atoms with Crippen LogP contribution in [0.5, 0.6) is 0 Å². The van der Waals surface area contributed by atoms with E-state index in [0.717, 1.165) is 17.7 Å². The summed E-state index contributed by atoms with van der Waals surface area (Å²) < 4.78 is 10.9. The number of benzene rings is 2. The van der Waals surface area contributed by atoms with Crippen molar-refractivity contribution in [2.24, 2.45) is 0 Å². The van der Waals surface area contributed by atoms with Crippen molar-refractivity contribution in [1.29, 1.82) is 0 Å². The monoisotopic (exact) mass is 424 g/mol. The molecule has 31 heavy (non-hydrogen) atoms. The SMILES string of the molecule is C[C@H](OC(=O)c1ccc2c(c1)C(=O)N(C[C@H]1CCCO1)C2=O)c1cccc([N+](=O)[O-])c1. The quantitative estimate of drug-likeness (QED) is 0.302. The Labute approximate surface area is 177 Å². The molecule has 9 nitrogen and oxygen atoms in total. The first kappa shape index (κ1) is 20.7. The van der Waals surface area contributed by atoms with Crippen LogP contribution < -0.4 is 0 Å². The summed E-state index contributed by atoms with van der Waals surface area (Å²) in [5.41, 5.74) is 0.883. The van der Waals surface area contributed by atoms with Crippen LogP contribution in [0.1, 0.15) is 62.5 Å². The number of nitro benzene ring substituents is 1. The Balaban J connectivity index is 1.49. The fourth-order valence-corrected chi connectivity index (χ4v) is 3.76. The summed E-state index contributed by atoms with van der Waals surface area (Å²) >= 11 is 0. The highest BCUT2D eigenvalue weighted by Crippen LogP contribution is 2.28. The van der Waals surface area contributed by atoms with E-state index < -0.39 is 28.8 Å². The zero-order chi connectivity index (χ0) is 22.1. The number of nitro groups is 1. The topological polar surface area (TPSA) is 116 Å². The number of fused-ring (bicyclic) bond motifs is 1. The first-order valence-electron chi connectivity index (χ1n) is 9.92. The van der Waals surface area contributed by atoms with E-state index in [2.05, 4.69) is 0 Å². The van der Waals surface area contributed by atoms with E-state index in [1.165, 1.54) is 36.4 Å². The van der Waals surface area contributed by atoms with E-state index in [-0.39, 0.29) is 35.0 Å². The number of carbonyl (C=O) groups is 3. The third-order valence-corrected chi connectivity index (χ3v) is 5.45. The molecule has 0 saturated carbocycles. The van der Waals surface area contributed by atoms with Crippen molar-refractivity contribution in [2.75, 3.05) is 13.2 Å². The molecule has 0 radical (unpaired) electrons. The molecule has 1 fully saturated rings. The van der Waals surface area contributed by atoms with Crippen LogP contribution in [0.15, 0.2) is 42.5 Å². The molecular weight excluding hydrogens is 404 g/mol. The van der Waals surface area contributed by atoms with Gasteiger partial charge in [-0.05, 0) is 43.5 Å². The smallest absolute Gasteiger partial charge is 0.338 e. The average Bonchev–Trinajstić information content (AvgIpc) is 3.36. The first-order valence-corrected chi connectivity index (χ1v) is 9.92. The number of nitrogens with zero attached hydrogens (tertiary/aromatic N) is 2. The Morgan fingerprint density at radius 1 is 1.23 bits per heavy atom. The number of esters is 1. The summed E-state index contributed by atoms with van der Waals surface area (Å²) in [6.07, 6.45) is 0.782. The zero-order valence-corrected chi connectivity index (χ0v) is 16.8. The molecule has 0 spiro atoms. The number of carbonyl (C=O) groups excluding carboxylic acids is 3. The third kappa shape index (κ3) is 4.04. The highest BCUT2D eigenvalue weighted by atomic mass is 16.6. The van der Waals surface area contributed by atoms with E-state index in [4.69, 9.17) is 9.47 Å². The van der Waals surface area contributed by atoms with E-state index in [0.29, 0.717) is 12.2 Å². The summed E-state index contributed by atoms with van der Waals surface area (Å²) in [5.74, 6) is -1.56. The maximum absolute atomic E-state index is 12.7. The van der Waals surface area contributed by atoms with Gasteiger partial charge < -0.3 is 9.47 Å². The number of non-ortho nitro benzene ring substituents is 1. The van der Waals surface area contributed by atoms with Crippen LogP contribution in [0.3, 0.4) is 0 Å². The van der Waals surface area contributed by atoms with Crippen LogP contribution in [0.4, 0.5) is 5.69 Å². The van der Waals surface area contributed by atoms with E-state index in [9.17, 15) is 24.5 Å². The van der Waals surface area contributed by atoms with Gasteiger partial charge in [-0.25, -0.2) is 4.79 Å². The molecule has 0 aromatic heterocycles. The average molecular weight is 424 g/mol. The molecule has 2 amide bonds. The number of ether oxygens (including phenoxy) is 2. The Morgan fingerprint density at radius 2 is 2.00 bits per heavy atom. The van der Waals surface area contributed by atoms with E-state index in [1.807, 2.05) is 0 Å². The van der Waals surface area contributed by atoms with Gasteiger partial charge in [0.15, 0.2) is 0 Å². The maximum atomic E-state index is 12.7. The van der Waals surface area contributed by atoms with Gasteiger partial charge in [-0.3, -0.25) is 24.6 Å². The van der Waals surface area contributed by atoms with E-state index >= 15 is 0 Å². The highest BCUT2D eigenvalue weighted by molar-refractivity contribution is 6.22. The van der Waals surface area contributed by atoms with Crippen LogP contribution in [-0.2, 0) is 9.47 Å².